The second kappa shape index (κ2) is 8.91. The first-order valence-electron chi connectivity index (χ1n) is 0.428. The van der Waals surface area contributed by atoms with Crippen molar-refractivity contribution in [2.75, 3.05) is 0 Å². The maximum Gasteiger partial charge on any atom is 1.00 e. The number of thiocarbonyl (C=S) groups is 1. The van der Waals surface area contributed by atoms with Gasteiger partial charge < -0.3 is 29.5 Å². The molecule has 0 radical (unpaired) electrons. The Morgan fingerprint density at radius 2 is 1.75 bits per heavy atom. The average Bonchev–Trinajstić information content (AvgIpc) is 0.918. The standard InChI is InChI=1S/CHS2.K/c2-1-3;/h(H,2,3);/q-1;+1. The molecule has 0 fully saturated rings. The van der Waals surface area contributed by atoms with Gasteiger partial charge in [0.05, 0.1) is 0 Å². The Bertz CT molecular complexity index is 13.5. The van der Waals surface area contributed by atoms with Gasteiger partial charge in [-0.05, 0) is 0 Å². The SMILES string of the molecule is S=[C-]S.[K+]. The van der Waals surface area contributed by atoms with Gasteiger partial charge in [-0.2, -0.15) is 0 Å². The Morgan fingerprint density at radius 3 is 1.75 bits per heavy atom. The number of hydrogen-bond acceptors (Lipinski definition) is 1. The van der Waals surface area contributed by atoms with E-state index in [1.165, 1.54) is 0 Å². The van der Waals surface area contributed by atoms with Gasteiger partial charge in [-0.1, -0.05) is 0 Å². The van der Waals surface area contributed by atoms with Crippen LogP contribution in [0.15, 0.2) is 0 Å². The molecule has 0 atom stereocenters. The molecule has 0 rings (SSSR count). The molecule has 0 heterocycles. The minimum Gasteiger partial charge on any atom is -0.364 e. The van der Waals surface area contributed by atoms with Crippen molar-refractivity contribution in [3.63, 3.8) is 0 Å². The van der Waals surface area contributed by atoms with E-state index in [0.29, 0.717) is 0 Å². The summed E-state index contributed by atoms with van der Waals surface area (Å²) >= 11 is 7.36. The van der Waals surface area contributed by atoms with Crippen molar-refractivity contribution >= 4 is 29.5 Å². The largest absolute Gasteiger partial charge is 1.00 e. The molecule has 0 nitrogen and oxygen atoms in total. The molecule has 18 valence electrons. The molecule has 0 aromatic carbocycles. The summed E-state index contributed by atoms with van der Waals surface area (Å²) in [6, 6.07) is 0. The van der Waals surface area contributed by atoms with E-state index in [2.05, 4.69) is 24.8 Å². The van der Waals surface area contributed by atoms with Crippen LogP contribution in [0.5, 0.6) is 0 Å². The normalized spacial score (nSPS) is 3.25. The van der Waals surface area contributed by atoms with Gasteiger partial charge in [-0.15, -0.1) is 0 Å². The monoisotopic (exact) mass is 116 g/mol. The van der Waals surface area contributed by atoms with Crippen molar-refractivity contribution in [1.29, 1.82) is 0 Å². The number of thiol groups is 1. The maximum absolute atomic E-state index is 4.01. The Labute approximate surface area is 79.2 Å². The van der Waals surface area contributed by atoms with Gasteiger partial charge in [0.25, 0.3) is 0 Å². The van der Waals surface area contributed by atoms with E-state index >= 15 is 0 Å². The van der Waals surface area contributed by atoms with Gasteiger partial charge in [-0.3, -0.25) is 0 Å². The molecule has 0 aliphatic rings. The third kappa shape index (κ3) is 8.95. The molecule has 0 bridgehead atoms. The maximum atomic E-state index is 4.01. The van der Waals surface area contributed by atoms with Crippen molar-refractivity contribution in [2.45, 2.75) is 0 Å². The fourth-order valence-electron chi connectivity index (χ4n) is 0. The zero-order valence-corrected chi connectivity index (χ0v) is 7.19. The Balaban J connectivity index is 0. The molecule has 0 aromatic rings. The van der Waals surface area contributed by atoms with Gasteiger partial charge in [-0.25, -0.2) is 0 Å². The zero-order valence-electron chi connectivity index (χ0n) is 2.36. The van der Waals surface area contributed by atoms with E-state index in [1.54, 1.807) is 0 Å². The molecule has 0 aliphatic carbocycles. The minimum atomic E-state index is 0. The van der Waals surface area contributed by atoms with Crippen LogP contribution in [0.3, 0.4) is 0 Å². The fraction of sp³-hybridized carbons (Fsp3) is 0. The van der Waals surface area contributed by atoms with E-state index in [1.807, 2.05) is 4.70 Å². The van der Waals surface area contributed by atoms with Crippen LogP contribution in [0.4, 0.5) is 0 Å². The fourth-order valence-corrected chi connectivity index (χ4v) is 0. The summed E-state index contributed by atoms with van der Waals surface area (Å²) < 4.78 is 2.03. The first kappa shape index (κ1) is 9.42. The summed E-state index contributed by atoms with van der Waals surface area (Å²) in [7, 11) is 0. The van der Waals surface area contributed by atoms with Gasteiger partial charge in [0.1, 0.15) is 0 Å². The van der Waals surface area contributed by atoms with Crippen molar-refractivity contribution in [2.24, 2.45) is 0 Å². The molecule has 3 heteroatoms. The molecule has 0 N–H and O–H groups in total. The second-order valence-corrected chi connectivity index (χ2v) is 0.822. The summed E-state index contributed by atoms with van der Waals surface area (Å²) in [6.45, 7) is 0. The summed E-state index contributed by atoms with van der Waals surface area (Å²) in [4.78, 5) is 0. The van der Waals surface area contributed by atoms with Crippen molar-refractivity contribution in [3.05, 3.63) is 0 Å². The van der Waals surface area contributed by atoms with E-state index in [4.69, 9.17) is 0 Å². The Kier molecular flexibility index (Phi) is 21.0. The molecular weight excluding hydrogens is 115 g/mol. The van der Waals surface area contributed by atoms with Crippen LogP contribution in [-0.4, -0.2) is 4.70 Å². The van der Waals surface area contributed by atoms with Crippen LogP contribution in [0.1, 0.15) is 0 Å². The first-order chi connectivity index (χ1) is 1.41. The zero-order chi connectivity index (χ0) is 2.71. The van der Waals surface area contributed by atoms with E-state index in [-0.39, 0.29) is 51.4 Å². The van der Waals surface area contributed by atoms with E-state index in [9.17, 15) is 0 Å². The van der Waals surface area contributed by atoms with Gasteiger partial charge in [0.2, 0.25) is 0 Å². The molecule has 0 saturated carbocycles. The summed E-state index contributed by atoms with van der Waals surface area (Å²) in [5.74, 6) is 0. The van der Waals surface area contributed by atoms with Crippen LogP contribution in [-0.2, 0) is 0 Å². The molecule has 0 saturated heterocycles. The second-order valence-electron chi connectivity index (χ2n) is 0.0913. The molecule has 0 aliphatic heterocycles. The van der Waals surface area contributed by atoms with Gasteiger partial charge in [0.15, 0.2) is 0 Å². The first-order valence-corrected chi connectivity index (χ1v) is 1.28. The number of hydrogen-bond donors (Lipinski definition) is 1. The predicted molar refractivity (Wildman–Crippen MR) is 21.6 cm³/mol. The average molecular weight is 116 g/mol. The van der Waals surface area contributed by atoms with Crippen LogP contribution >= 0.6 is 24.8 Å². The third-order valence-electron chi connectivity index (χ3n) is 0. The molecule has 0 amide bonds. The smallest absolute Gasteiger partial charge is 0.364 e. The molecule has 0 spiro atoms. The van der Waals surface area contributed by atoms with Crippen LogP contribution < -0.4 is 51.4 Å². The molecular formula is CHKS2. The van der Waals surface area contributed by atoms with Crippen LogP contribution in [0, 0.1) is 0 Å². The summed E-state index contributed by atoms with van der Waals surface area (Å²) in [5.41, 5.74) is 0. The van der Waals surface area contributed by atoms with Crippen LogP contribution in [0.25, 0.3) is 0 Å². The van der Waals surface area contributed by atoms with E-state index in [0.717, 1.165) is 0 Å². The molecule has 4 heavy (non-hydrogen) atoms. The predicted octanol–water partition coefficient (Wildman–Crippen LogP) is -2.25. The van der Waals surface area contributed by atoms with E-state index < -0.39 is 0 Å². The summed E-state index contributed by atoms with van der Waals surface area (Å²) in [5, 5.41) is 0. The minimum absolute atomic E-state index is 0. The van der Waals surface area contributed by atoms with Gasteiger partial charge >= 0.3 is 51.4 Å². The third-order valence-corrected chi connectivity index (χ3v) is 0. The van der Waals surface area contributed by atoms with Crippen molar-refractivity contribution in [1.82, 2.24) is 0 Å². The van der Waals surface area contributed by atoms with Crippen LogP contribution in [0.2, 0.25) is 0 Å². The topological polar surface area (TPSA) is 0 Å². The number of rotatable bonds is 0. The quantitative estimate of drug-likeness (QED) is 0.161. The molecule has 0 aromatic heterocycles. The van der Waals surface area contributed by atoms with Crippen molar-refractivity contribution in [3.8, 4) is 0 Å². The van der Waals surface area contributed by atoms with Crippen molar-refractivity contribution < 1.29 is 51.4 Å². The Hall–Kier alpha value is 2.08. The van der Waals surface area contributed by atoms with Gasteiger partial charge in [0, 0.05) is 0 Å². The molecule has 0 unspecified atom stereocenters. The summed E-state index contributed by atoms with van der Waals surface area (Å²) in [6.07, 6.45) is 0. The Morgan fingerprint density at radius 1 is 1.75 bits per heavy atom.